The van der Waals surface area contributed by atoms with Crippen molar-refractivity contribution in [1.82, 2.24) is 10.3 Å². The average Bonchev–Trinajstić information content (AvgIpc) is 3.15. The van der Waals surface area contributed by atoms with Crippen LogP contribution in [0.2, 0.25) is 0 Å². The van der Waals surface area contributed by atoms with Crippen LogP contribution in [0.5, 0.6) is 0 Å². The van der Waals surface area contributed by atoms with Crippen molar-refractivity contribution in [1.29, 1.82) is 0 Å². The first-order chi connectivity index (χ1) is 11.5. The molecule has 3 rings (SSSR count). The van der Waals surface area contributed by atoms with Crippen LogP contribution in [0, 0.1) is 13.8 Å². The number of carbonyl (C=O) groups is 2. The molecular formula is C16H14N4O4. The van der Waals surface area contributed by atoms with E-state index in [4.69, 9.17) is 9.05 Å². The number of carbonyl (C=O) groups excluding carboxylic acids is 2. The lowest BCUT2D eigenvalue weighted by Crippen LogP contribution is -2.20. The second-order valence-electron chi connectivity index (χ2n) is 5.10. The van der Waals surface area contributed by atoms with Gasteiger partial charge in [-0.3, -0.25) is 9.59 Å². The van der Waals surface area contributed by atoms with Gasteiger partial charge in [-0.25, -0.2) is 0 Å². The first kappa shape index (κ1) is 15.5. The van der Waals surface area contributed by atoms with Crippen molar-refractivity contribution in [3.63, 3.8) is 0 Å². The highest BCUT2D eigenvalue weighted by molar-refractivity contribution is 6.14. The molecule has 8 nitrogen and oxygen atoms in total. The fraction of sp³-hybridized carbons (Fsp3) is 0.125. The molecule has 2 N–H and O–H groups in total. The van der Waals surface area contributed by atoms with Crippen LogP contribution < -0.4 is 10.6 Å². The molecule has 0 aliphatic carbocycles. The van der Waals surface area contributed by atoms with Gasteiger partial charge in [-0.1, -0.05) is 22.4 Å². The van der Waals surface area contributed by atoms with Crippen LogP contribution in [-0.2, 0) is 0 Å². The van der Waals surface area contributed by atoms with Crippen molar-refractivity contribution >= 4 is 23.5 Å². The maximum absolute atomic E-state index is 12.4. The highest BCUT2D eigenvalue weighted by Gasteiger charge is 2.18. The van der Waals surface area contributed by atoms with Gasteiger partial charge < -0.3 is 19.7 Å². The maximum atomic E-state index is 12.4. The van der Waals surface area contributed by atoms with Gasteiger partial charge in [0.2, 0.25) is 0 Å². The van der Waals surface area contributed by atoms with E-state index >= 15 is 0 Å². The third-order valence-corrected chi connectivity index (χ3v) is 3.16. The van der Waals surface area contributed by atoms with Crippen LogP contribution in [0.3, 0.4) is 0 Å². The van der Waals surface area contributed by atoms with E-state index in [1.807, 2.05) is 0 Å². The predicted molar refractivity (Wildman–Crippen MR) is 84.8 cm³/mol. The van der Waals surface area contributed by atoms with Crippen molar-refractivity contribution in [3.05, 3.63) is 59.0 Å². The fourth-order valence-corrected chi connectivity index (χ4v) is 2.10. The Morgan fingerprint density at radius 1 is 0.833 bits per heavy atom. The molecule has 2 heterocycles. The molecule has 3 aromatic rings. The SMILES string of the molecule is Cc1cc(NC(=O)c2ccccc2C(=O)Nc2cc(C)on2)no1. The summed E-state index contributed by atoms with van der Waals surface area (Å²) >= 11 is 0. The van der Waals surface area contributed by atoms with Crippen LogP contribution in [0.15, 0.2) is 45.4 Å². The number of rotatable bonds is 4. The standard InChI is InChI=1S/C16H14N4O4/c1-9-7-13(19-23-9)17-15(21)11-5-3-4-6-12(11)16(22)18-14-8-10(2)24-20-14/h3-8H,1-2H3,(H,17,19,21)(H,18,20,22). The van der Waals surface area contributed by atoms with E-state index in [-0.39, 0.29) is 22.8 Å². The van der Waals surface area contributed by atoms with E-state index in [1.54, 1.807) is 50.2 Å². The van der Waals surface area contributed by atoms with Gasteiger partial charge in [-0.2, -0.15) is 0 Å². The minimum Gasteiger partial charge on any atom is -0.360 e. The summed E-state index contributed by atoms with van der Waals surface area (Å²) in [6.07, 6.45) is 0. The van der Waals surface area contributed by atoms with Crippen molar-refractivity contribution in [2.45, 2.75) is 13.8 Å². The highest BCUT2D eigenvalue weighted by Crippen LogP contribution is 2.15. The number of hydrogen-bond donors (Lipinski definition) is 2. The van der Waals surface area contributed by atoms with Gasteiger partial charge in [0, 0.05) is 12.1 Å². The minimum absolute atomic E-state index is 0.205. The lowest BCUT2D eigenvalue weighted by atomic mass is 10.1. The lowest BCUT2D eigenvalue weighted by molar-refractivity contribution is 0.0989. The Morgan fingerprint density at radius 2 is 1.25 bits per heavy atom. The third kappa shape index (κ3) is 3.32. The Hall–Kier alpha value is -3.42. The largest absolute Gasteiger partial charge is 0.360 e. The summed E-state index contributed by atoms with van der Waals surface area (Å²) in [5.74, 6) is 0.755. The second kappa shape index (κ2) is 6.37. The normalized spacial score (nSPS) is 10.4. The number of nitrogens with one attached hydrogen (secondary N) is 2. The molecule has 24 heavy (non-hydrogen) atoms. The first-order valence-corrected chi connectivity index (χ1v) is 7.11. The van der Waals surface area contributed by atoms with E-state index < -0.39 is 11.8 Å². The quantitative estimate of drug-likeness (QED) is 0.763. The molecule has 0 unspecified atom stereocenters. The first-order valence-electron chi connectivity index (χ1n) is 7.11. The molecule has 1 aromatic carbocycles. The van der Waals surface area contributed by atoms with Crippen molar-refractivity contribution < 1.29 is 18.6 Å². The molecule has 122 valence electrons. The highest BCUT2D eigenvalue weighted by atomic mass is 16.5. The number of benzene rings is 1. The number of nitrogens with zero attached hydrogens (tertiary/aromatic N) is 2. The predicted octanol–water partition coefficient (Wildman–Crippen LogP) is 2.78. The van der Waals surface area contributed by atoms with Gasteiger partial charge >= 0.3 is 0 Å². The van der Waals surface area contributed by atoms with Gasteiger partial charge in [0.05, 0.1) is 11.1 Å². The van der Waals surface area contributed by atoms with E-state index in [9.17, 15) is 9.59 Å². The zero-order valence-corrected chi connectivity index (χ0v) is 13.0. The molecule has 2 amide bonds. The smallest absolute Gasteiger partial charge is 0.257 e. The number of aryl methyl sites for hydroxylation is 2. The van der Waals surface area contributed by atoms with E-state index in [1.165, 1.54) is 0 Å². The molecule has 8 heteroatoms. The van der Waals surface area contributed by atoms with Gasteiger partial charge in [0.1, 0.15) is 11.5 Å². The molecule has 2 aromatic heterocycles. The average molecular weight is 326 g/mol. The molecule has 0 radical (unpaired) electrons. The summed E-state index contributed by atoms with van der Waals surface area (Å²) in [6, 6.07) is 9.59. The van der Waals surface area contributed by atoms with Crippen LogP contribution in [0.25, 0.3) is 0 Å². The fourth-order valence-electron chi connectivity index (χ4n) is 2.10. The number of anilines is 2. The Kier molecular flexibility index (Phi) is 4.11. The molecular weight excluding hydrogens is 312 g/mol. The molecule has 0 fully saturated rings. The Morgan fingerprint density at radius 3 is 1.58 bits per heavy atom. The summed E-state index contributed by atoms with van der Waals surface area (Å²) in [7, 11) is 0. The number of hydrogen-bond acceptors (Lipinski definition) is 6. The van der Waals surface area contributed by atoms with Gasteiger partial charge in [-0.05, 0) is 26.0 Å². The Balaban J connectivity index is 1.81. The molecule has 0 aliphatic rings. The third-order valence-electron chi connectivity index (χ3n) is 3.16. The lowest BCUT2D eigenvalue weighted by Gasteiger charge is -2.08. The van der Waals surface area contributed by atoms with E-state index in [2.05, 4.69) is 20.9 Å². The molecule has 0 saturated carbocycles. The molecule has 0 bridgehead atoms. The monoisotopic (exact) mass is 326 g/mol. The van der Waals surface area contributed by atoms with E-state index in [0.29, 0.717) is 11.5 Å². The van der Waals surface area contributed by atoms with Crippen LogP contribution in [-0.4, -0.2) is 22.1 Å². The van der Waals surface area contributed by atoms with Crippen LogP contribution >= 0.6 is 0 Å². The molecule has 0 spiro atoms. The van der Waals surface area contributed by atoms with Gasteiger partial charge in [-0.15, -0.1) is 0 Å². The van der Waals surface area contributed by atoms with Crippen LogP contribution in [0.1, 0.15) is 32.2 Å². The summed E-state index contributed by atoms with van der Waals surface area (Å²) in [4.78, 5) is 24.8. The number of amides is 2. The topological polar surface area (TPSA) is 110 Å². The van der Waals surface area contributed by atoms with Crippen molar-refractivity contribution in [2.75, 3.05) is 10.6 Å². The van der Waals surface area contributed by atoms with Gasteiger partial charge in [0.15, 0.2) is 11.6 Å². The number of aromatic nitrogens is 2. The zero-order valence-electron chi connectivity index (χ0n) is 13.0. The minimum atomic E-state index is -0.467. The maximum Gasteiger partial charge on any atom is 0.257 e. The summed E-state index contributed by atoms with van der Waals surface area (Å²) in [5, 5.41) is 12.6. The Labute approximate surface area is 136 Å². The summed E-state index contributed by atoms with van der Waals surface area (Å²) < 4.78 is 9.80. The van der Waals surface area contributed by atoms with Crippen molar-refractivity contribution in [2.24, 2.45) is 0 Å². The Bertz CT molecular complexity index is 824. The molecule has 0 saturated heterocycles. The second-order valence-corrected chi connectivity index (χ2v) is 5.10. The summed E-state index contributed by atoms with van der Waals surface area (Å²) in [5.41, 5.74) is 0.409. The van der Waals surface area contributed by atoms with Gasteiger partial charge in [0.25, 0.3) is 11.8 Å². The van der Waals surface area contributed by atoms with Crippen LogP contribution in [0.4, 0.5) is 11.6 Å². The summed E-state index contributed by atoms with van der Waals surface area (Å²) in [6.45, 7) is 3.42. The zero-order chi connectivity index (χ0) is 17.1. The molecule has 0 atom stereocenters. The van der Waals surface area contributed by atoms with E-state index in [0.717, 1.165) is 0 Å². The molecule has 0 aliphatic heterocycles. The van der Waals surface area contributed by atoms with Crippen molar-refractivity contribution in [3.8, 4) is 0 Å².